The average molecular weight is 398 g/mol. The lowest BCUT2D eigenvalue weighted by molar-refractivity contribution is 0.414. The van der Waals surface area contributed by atoms with E-state index in [2.05, 4.69) is 108 Å². The molecule has 1 unspecified atom stereocenters. The van der Waals surface area contributed by atoms with Crippen LogP contribution in [0.2, 0.25) is 0 Å². The van der Waals surface area contributed by atoms with Crippen molar-refractivity contribution in [3.63, 3.8) is 0 Å². The van der Waals surface area contributed by atoms with Crippen LogP contribution in [0.15, 0.2) is 96.7 Å². The van der Waals surface area contributed by atoms with Crippen LogP contribution >= 0.6 is 0 Å². The van der Waals surface area contributed by atoms with Crippen molar-refractivity contribution in [2.45, 2.75) is 6.04 Å². The van der Waals surface area contributed by atoms with Crippen molar-refractivity contribution in [1.29, 1.82) is 0 Å². The van der Waals surface area contributed by atoms with E-state index in [0.29, 0.717) is 0 Å². The van der Waals surface area contributed by atoms with Gasteiger partial charge in [0.25, 0.3) is 0 Å². The molecule has 30 heavy (non-hydrogen) atoms. The normalized spacial score (nSPS) is 15.8. The van der Waals surface area contributed by atoms with E-state index in [1.54, 1.807) is 7.11 Å². The van der Waals surface area contributed by atoms with Crippen molar-refractivity contribution in [2.24, 2.45) is 0 Å². The van der Waals surface area contributed by atoms with Crippen LogP contribution in [0.3, 0.4) is 0 Å². The summed E-state index contributed by atoms with van der Waals surface area (Å²) in [5, 5.41) is 2.19. The molecule has 0 bridgehead atoms. The largest absolute Gasteiger partial charge is 0.497 e. The van der Waals surface area contributed by atoms with Gasteiger partial charge in [0.05, 0.1) is 24.5 Å². The lowest BCUT2D eigenvalue weighted by Gasteiger charge is -2.27. The first-order valence-electron chi connectivity index (χ1n) is 10.1. The molecule has 152 valence electrons. The molecule has 3 aromatic carbocycles. The Morgan fingerprint density at radius 1 is 0.867 bits per heavy atom. The Hall–Kier alpha value is -3.66. The fourth-order valence-corrected chi connectivity index (χ4v) is 3.51. The van der Waals surface area contributed by atoms with E-state index >= 15 is 0 Å². The molecule has 0 radical (unpaired) electrons. The van der Waals surface area contributed by atoms with Crippen LogP contribution in [-0.4, -0.2) is 21.2 Å². The fourth-order valence-electron chi connectivity index (χ4n) is 3.51. The molecule has 4 rings (SSSR count). The zero-order chi connectivity index (χ0) is 20.9. The molecule has 0 amide bonds. The predicted molar refractivity (Wildman–Crippen MR) is 126 cm³/mol. The number of allylic oxidation sites excluding steroid dienone is 1. The third-order valence-corrected chi connectivity index (χ3v) is 5.22. The molecule has 0 saturated carbocycles. The molecule has 4 heteroatoms. The van der Waals surface area contributed by atoms with Gasteiger partial charge in [0.1, 0.15) is 5.75 Å². The second-order valence-electron chi connectivity index (χ2n) is 7.48. The third-order valence-electron chi connectivity index (χ3n) is 5.22. The number of hydrogen-bond donors (Lipinski definition) is 1. The summed E-state index contributed by atoms with van der Waals surface area (Å²) in [6, 6.07) is 27.3. The second-order valence-corrected chi connectivity index (χ2v) is 7.48. The highest BCUT2D eigenvalue weighted by molar-refractivity contribution is 5.60. The summed E-state index contributed by atoms with van der Waals surface area (Å²) in [7, 11) is 5.79. The Kier molecular flexibility index (Phi) is 5.75. The quantitative estimate of drug-likeness (QED) is 0.601. The highest BCUT2D eigenvalue weighted by Crippen LogP contribution is 2.33. The molecule has 1 aliphatic rings. The zero-order valence-electron chi connectivity index (χ0n) is 17.6. The second kappa shape index (κ2) is 8.78. The van der Waals surface area contributed by atoms with Gasteiger partial charge in [0.2, 0.25) is 0 Å². The molecule has 0 fully saturated rings. The van der Waals surface area contributed by atoms with Gasteiger partial charge in [-0.05, 0) is 59.7 Å². The van der Waals surface area contributed by atoms with Gasteiger partial charge in [-0.25, -0.2) is 0 Å². The predicted octanol–water partition coefficient (Wildman–Crippen LogP) is 5.42. The number of para-hydroxylation sites is 1. The first-order valence-corrected chi connectivity index (χ1v) is 10.1. The molecule has 0 aliphatic carbocycles. The third kappa shape index (κ3) is 4.33. The van der Waals surface area contributed by atoms with Crippen LogP contribution in [0.4, 0.5) is 11.4 Å². The molecule has 1 heterocycles. The van der Waals surface area contributed by atoms with E-state index in [-0.39, 0.29) is 6.04 Å². The molecular formula is C26H27N3O. The summed E-state index contributed by atoms with van der Waals surface area (Å²) in [6.45, 7) is 0. The maximum atomic E-state index is 5.32. The highest BCUT2D eigenvalue weighted by Gasteiger charge is 2.25. The van der Waals surface area contributed by atoms with Crippen molar-refractivity contribution < 1.29 is 4.74 Å². The lowest BCUT2D eigenvalue weighted by atomic mass is 10.1. The first-order chi connectivity index (χ1) is 14.6. The SMILES string of the molecule is COc1ccc(C2C=C(C=Cc3ccc(N(C)C)cc3)NN2c2ccccc2)cc1. The van der Waals surface area contributed by atoms with Gasteiger partial charge in [0.15, 0.2) is 0 Å². The van der Waals surface area contributed by atoms with Crippen molar-refractivity contribution >= 4 is 17.5 Å². The minimum atomic E-state index is 0.0917. The molecule has 1 aliphatic heterocycles. The minimum absolute atomic E-state index is 0.0917. The number of nitrogens with one attached hydrogen (secondary N) is 1. The molecule has 4 nitrogen and oxygen atoms in total. The van der Waals surface area contributed by atoms with E-state index in [9.17, 15) is 0 Å². The van der Waals surface area contributed by atoms with Crippen molar-refractivity contribution in [3.8, 4) is 5.75 Å². The number of rotatable bonds is 6. The van der Waals surface area contributed by atoms with E-state index in [1.807, 2.05) is 18.2 Å². The van der Waals surface area contributed by atoms with Gasteiger partial charge >= 0.3 is 0 Å². The smallest absolute Gasteiger partial charge is 0.118 e. The van der Waals surface area contributed by atoms with E-state index < -0.39 is 0 Å². The van der Waals surface area contributed by atoms with Gasteiger partial charge in [-0.2, -0.15) is 0 Å². The number of hydrazine groups is 1. The summed E-state index contributed by atoms with van der Waals surface area (Å²) in [6.07, 6.45) is 6.52. The fraction of sp³-hybridized carbons (Fsp3) is 0.154. The zero-order valence-corrected chi connectivity index (χ0v) is 17.6. The number of benzene rings is 3. The molecule has 1 N–H and O–H groups in total. The number of anilines is 2. The van der Waals surface area contributed by atoms with Crippen molar-refractivity contribution in [3.05, 3.63) is 108 Å². The Balaban J connectivity index is 1.59. The number of hydrogen-bond acceptors (Lipinski definition) is 4. The monoisotopic (exact) mass is 397 g/mol. The number of ether oxygens (including phenoxy) is 1. The van der Waals surface area contributed by atoms with Gasteiger partial charge in [-0.3, -0.25) is 10.4 Å². The van der Waals surface area contributed by atoms with Crippen molar-refractivity contribution in [2.75, 3.05) is 31.1 Å². The van der Waals surface area contributed by atoms with E-state index in [1.165, 1.54) is 16.8 Å². The van der Waals surface area contributed by atoms with Crippen LogP contribution < -0.4 is 20.1 Å². The Bertz CT molecular complexity index is 1020. The van der Waals surface area contributed by atoms with Crippen molar-refractivity contribution in [1.82, 2.24) is 5.43 Å². The average Bonchev–Trinajstić information content (AvgIpc) is 3.23. The number of methoxy groups -OCH3 is 1. The standard InChI is InChI=1S/C26H27N3O/c1-28(2)23-15-10-20(11-16-23)9-14-22-19-26(21-12-17-25(30-3)18-13-21)29(27-22)24-7-5-4-6-8-24/h4-19,26-27H,1-3H3. The maximum Gasteiger partial charge on any atom is 0.118 e. The molecule has 3 aromatic rings. The van der Waals surface area contributed by atoms with Gasteiger partial charge < -0.3 is 9.64 Å². The first kappa shape index (κ1) is 19.6. The molecular weight excluding hydrogens is 370 g/mol. The van der Waals surface area contributed by atoms with Crippen LogP contribution in [0.1, 0.15) is 17.2 Å². The van der Waals surface area contributed by atoms with Gasteiger partial charge in [-0.1, -0.05) is 48.5 Å². The topological polar surface area (TPSA) is 27.7 Å². The summed E-state index contributed by atoms with van der Waals surface area (Å²) in [5.74, 6) is 0.862. The van der Waals surface area contributed by atoms with Gasteiger partial charge in [0, 0.05) is 19.8 Å². The van der Waals surface area contributed by atoms with Crippen LogP contribution in [0, 0.1) is 0 Å². The maximum absolute atomic E-state index is 5.32. The Labute approximate surface area is 178 Å². The van der Waals surface area contributed by atoms with Crippen LogP contribution in [0.25, 0.3) is 6.08 Å². The molecule has 1 atom stereocenters. The summed E-state index contributed by atoms with van der Waals surface area (Å²) in [5.41, 5.74) is 9.30. The summed E-state index contributed by atoms with van der Waals surface area (Å²) in [4.78, 5) is 2.10. The lowest BCUT2D eigenvalue weighted by Crippen LogP contribution is -2.33. The van der Waals surface area contributed by atoms with Gasteiger partial charge in [-0.15, -0.1) is 0 Å². The molecule has 0 spiro atoms. The van der Waals surface area contributed by atoms with Crippen LogP contribution in [-0.2, 0) is 0 Å². The van der Waals surface area contributed by atoms with E-state index in [4.69, 9.17) is 4.74 Å². The molecule has 0 saturated heterocycles. The van der Waals surface area contributed by atoms with Crippen LogP contribution in [0.5, 0.6) is 5.75 Å². The Morgan fingerprint density at radius 2 is 1.57 bits per heavy atom. The minimum Gasteiger partial charge on any atom is -0.497 e. The summed E-state index contributed by atoms with van der Waals surface area (Å²) < 4.78 is 5.32. The molecule has 0 aromatic heterocycles. The highest BCUT2D eigenvalue weighted by atomic mass is 16.5. The Morgan fingerprint density at radius 3 is 2.20 bits per heavy atom. The van der Waals surface area contributed by atoms with E-state index in [0.717, 1.165) is 17.1 Å². The number of nitrogens with zero attached hydrogens (tertiary/aromatic N) is 2. The summed E-state index contributed by atoms with van der Waals surface area (Å²) >= 11 is 0.